The lowest BCUT2D eigenvalue weighted by Gasteiger charge is -2.30. The molecule has 0 aliphatic carbocycles. The third-order valence-corrected chi connectivity index (χ3v) is 4.87. The molecule has 1 saturated heterocycles. The lowest BCUT2D eigenvalue weighted by Crippen LogP contribution is -2.41. The third kappa shape index (κ3) is 3.38. The largest absolute Gasteiger partial charge is 0.481 e. The van der Waals surface area contributed by atoms with Crippen molar-refractivity contribution in [3.05, 3.63) is 33.9 Å². The fraction of sp³-hybridized carbons (Fsp3) is 0.556. The number of aryl methyl sites for hydroxylation is 2. The SMILES string of the molecule is Cc1cc(C)c(C)c(C(=O)CN2CCCC(C(=O)O)C2)c1C. The fourth-order valence-electron chi connectivity index (χ4n) is 3.32. The summed E-state index contributed by atoms with van der Waals surface area (Å²) < 4.78 is 0. The molecule has 120 valence electrons. The summed E-state index contributed by atoms with van der Waals surface area (Å²) in [7, 11) is 0. The Kier molecular flexibility index (Phi) is 5.01. The van der Waals surface area contributed by atoms with Crippen LogP contribution in [0.4, 0.5) is 0 Å². The van der Waals surface area contributed by atoms with Gasteiger partial charge >= 0.3 is 5.97 Å². The molecule has 2 rings (SSSR count). The van der Waals surface area contributed by atoms with E-state index in [0.29, 0.717) is 19.5 Å². The number of nitrogens with zero attached hydrogens (tertiary/aromatic N) is 1. The maximum absolute atomic E-state index is 12.7. The molecule has 1 heterocycles. The molecular formula is C18H25NO3. The number of likely N-dealkylation sites (tertiary alicyclic amines) is 1. The number of benzene rings is 1. The predicted octanol–water partition coefficient (Wildman–Crippen LogP) is 2.90. The van der Waals surface area contributed by atoms with E-state index in [1.165, 1.54) is 0 Å². The van der Waals surface area contributed by atoms with Gasteiger partial charge in [-0.05, 0) is 69.3 Å². The van der Waals surface area contributed by atoms with Crippen LogP contribution in [-0.4, -0.2) is 41.4 Å². The Labute approximate surface area is 132 Å². The van der Waals surface area contributed by atoms with Crippen LogP contribution >= 0.6 is 0 Å². The molecule has 0 amide bonds. The molecule has 0 saturated carbocycles. The van der Waals surface area contributed by atoms with E-state index in [4.69, 9.17) is 5.11 Å². The topological polar surface area (TPSA) is 57.6 Å². The van der Waals surface area contributed by atoms with Crippen molar-refractivity contribution in [1.82, 2.24) is 4.90 Å². The average molecular weight is 303 g/mol. The number of carbonyl (C=O) groups excluding carboxylic acids is 1. The Bertz CT molecular complexity index is 581. The number of hydrogen-bond acceptors (Lipinski definition) is 3. The molecule has 0 spiro atoms. The lowest BCUT2D eigenvalue weighted by atomic mass is 9.91. The summed E-state index contributed by atoms with van der Waals surface area (Å²) in [5.41, 5.74) is 5.16. The molecule has 0 radical (unpaired) electrons. The van der Waals surface area contributed by atoms with Crippen molar-refractivity contribution in [2.45, 2.75) is 40.5 Å². The first-order valence-electron chi connectivity index (χ1n) is 7.87. The molecule has 0 aromatic heterocycles. The smallest absolute Gasteiger partial charge is 0.307 e. The zero-order chi connectivity index (χ0) is 16.4. The van der Waals surface area contributed by atoms with E-state index < -0.39 is 5.97 Å². The minimum absolute atomic E-state index is 0.104. The van der Waals surface area contributed by atoms with E-state index in [1.54, 1.807) is 0 Å². The number of carboxylic acid groups (broad SMARTS) is 1. The van der Waals surface area contributed by atoms with Crippen molar-refractivity contribution in [2.24, 2.45) is 5.92 Å². The molecule has 1 aromatic rings. The van der Waals surface area contributed by atoms with Crippen LogP contribution in [-0.2, 0) is 4.79 Å². The number of carboxylic acids is 1. The predicted molar refractivity (Wildman–Crippen MR) is 86.5 cm³/mol. The summed E-state index contributed by atoms with van der Waals surface area (Å²) in [6, 6.07) is 2.11. The van der Waals surface area contributed by atoms with Gasteiger partial charge in [-0.2, -0.15) is 0 Å². The van der Waals surface area contributed by atoms with Gasteiger partial charge in [-0.3, -0.25) is 14.5 Å². The van der Waals surface area contributed by atoms with Gasteiger partial charge in [0.15, 0.2) is 5.78 Å². The molecule has 1 aliphatic heterocycles. The lowest BCUT2D eigenvalue weighted by molar-refractivity contribution is -0.143. The Hall–Kier alpha value is -1.68. The molecular weight excluding hydrogens is 278 g/mol. The van der Waals surface area contributed by atoms with Gasteiger partial charge in [0.2, 0.25) is 0 Å². The molecule has 1 aromatic carbocycles. The van der Waals surface area contributed by atoms with Gasteiger partial charge in [-0.1, -0.05) is 6.07 Å². The van der Waals surface area contributed by atoms with E-state index in [-0.39, 0.29) is 11.7 Å². The molecule has 1 fully saturated rings. The first kappa shape index (κ1) is 16.7. The van der Waals surface area contributed by atoms with Crippen molar-refractivity contribution >= 4 is 11.8 Å². The van der Waals surface area contributed by atoms with Crippen molar-refractivity contribution in [3.8, 4) is 0 Å². The number of rotatable bonds is 4. The maximum atomic E-state index is 12.7. The summed E-state index contributed by atoms with van der Waals surface area (Å²) in [4.78, 5) is 25.9. The Morgan fingerprint density at radius 3 is 2.32 bits per heavy atom. The third-order valence-electron chi connectivity index (χ3n) is 4.87. The van der Waals surface area contributed by atoms with Gasteiger partial charge in [-0.15, -0.1) is 0 Å². The van der Waals surface area contributed by atoms with Crippen LogP contribution in [0.15, 0.2) is 6.07 Å². The Balaban J connectivity index is 2.18. The monoisotopic (exact) mass is 303 g/mol. The second-order valence-corrected chi connectivity index (χ2v) is 6.47. The molecule has 22 heavy (non-hydrogen) atoms. The van der Waals surface area contributed by atoms with Gasteiger partial charge in [-0.25, -0.2) is 0 Å². The van der Waals surface area contributed by atoms with E-state index in [2.05, 4.69) is 6.07 Å². The summed E-state index contributed by atoms with van der Waals surface area (Å²) in [6.07, 6.45) is 1.55. The van der Waals surface area contributed by atoms with Crippen molar-refractivity contribution < 1.29 is 14.7 Å². The standard InChI is InChI=1S/C18H25NO3/c1-11-8-12(2)14(4)17(13(11)3)16(20)10-19-7-5-6-15(9-19)18(21)22/h8,15H,5-7,9-10H2,1-4H3,(H,21,22). The van der Waals surface area contributed by atoms with Gasteiger partial charge in [0, 0.05) is 12.1 Å². The van der Waals surface area contributed by atoms with Gasteiger partial charge in [0.05, 0.1) is 12.5 Å². The molecule has 4 heteroatoms. The number of carbonyl (C=O) groups is 2. The quantitative estimate of drug-likeness (QED) is 0.869. The summed E-state index contributed by atoms with van der Waals surface area (Å²) in [5.74, 6) is -0.994. The highest BCUT2D eigenvalue weighted by Gasteiger charge is 2.27. The number of ketones is 1. The van der Waals surface area contributed by atoms with Crippen LogP contribution in [0, 0.1) is 33.6 Å². The number of hydrogen-bond donors (Lipinski definition) is 1. The van der Waals surface area contributed by atoms with Crippen LogP contribution < -0.4 is 0 Å². The van der Waals surface area contributed by atoms with Crippen LogP contribution in [0.3, 0.4) is 0 Å². The van der Waals surface area contributed by atoms with Crippen molar-refractivity contribution in [3.63, 3.8) is 0 Å². The van der Waals surface area contributed by atoms with Crippen LogP contribution in [0.5, 0.6) is 0 Å². The number of piperidine rings is 1. The van der Waals surface area contributed by atoms with E-state index in [1.807, 2.05) is 32.6 Å². The first-order chi connectivity index (χ1) is 10.3. The number of Topliss-reactive ketones (excluding diaryl/α,β-unsaturated/α-hetero) is 1. The highest BCUT2D eigenvalue weighted by Crippen LogP contribution is 2.23. The fourth-order valence-corrected chi connectivity index (χ4v) is 3.32. The van der Waals surface area contributed by atoms with E-state index >= 15 is 0 Å². The normalized spacial score (nSPS) is 19.2. The van der Waals surface area contributed by atoms with Crippen LogP contribution in [0.25, 0.3) is 0 Å². The minimum Gasteiger partial charge on any atom is -0.481 e. The molecule has 1 atom stereocenters. The molecule has 1 unspecified atom stereocenters. The van der Waals surface area contributed by atoms with Crippen LogP contribution in [0.1, 0.15) is 45.5 Å². The van der Waals surface area contributed by atoms with Crippen molar-refractivity contribution in [1.29, 1.82) is 0 Å². The zero-order valence-corrected chi connectivity index (χ0v) is 13.9. The first-order valence-corrected chi connectivity index (χ1v) is 7.87. The Morgan fingerprint density at radius 2 is 1.77 bits per heavy atom. The highest BCUT2D eigenvalue weighted by molar-refractivity contribution is 6.00. The highest BCUT2D eigenvalue weighted by atomic mass is 16.4. The number of aliphatic carboxylic acids is 1. The maximum Gasteiger partial charge on any atom is 0.307 e. The molecule has 1 N–H and O–H groups in total. The zero-order valence-electron chi connectivity index (χ0n) is 13.9. The van der Waals surface area contributed by atoms with Gasteiger partial charge < -0.3 is 5.11 Å². The molecule has 4 nitrogen and oxygen atoms in total. The van der Waals surface area contributed by atoms with E-state index in [9.17, 15) is 9.59 Å². The Morgan fingerprint density at radius 1 is 1.18 bits per heavy atom. The van der Waals surface area contributed by atoms with Crippen molar-refractivity contribution in [2.75, 3.05) is 19.6 Å². The van der Waals surface area contributed by atoms with Gasteiger partial charge in [0.1, 0.15) is 0 Å². The van der Waals surface area contributed by atoms with E-state index in [0.717, 1.165) is 40.8 Å². The van der Waals surface area contributed by atoms with Gasteiger partial charge in [0.25, 0.3) is 0 Å². The molecule has 1 aliphatic rings. The van der Waals surface area contributed by atoms with Crippen LogP contribution in [0.2, 0.25) is 0 Å². The summed E-state index contributed by atoms with van der Waals surface area (Å²) in [6.45, 7) is 9.63. The average Bonchev–Trinajstić information content (AvgIpc) is 2.45. The second-order valence-electron chi connectivity index (χ2n) is 6.47. The minimum atomic E-state index is -0.754. The molecule has 0 bridgehead atoms. The summed E-state index contributed by atoms with van der Waals surface area (Å²) >= 11 is 0. The summed E-state index contributed by atoms with van der Waals surface area (Å²) in [5, 5.41) is 9.16. The second kappa shape index (κ2) is 6.61.